The fraction of sp³-hybridized carbons (Fsp3) is 0.333. The quantitative estimate of drug-likeness (QED) is 0.773. The van der Waals surface area contributed by atoms with Crippen LogP contribution in [-0.4, -0.2) is 25.2 Å². The molecule has 0 radical (unpaired) electrons. The number of fused-ring (bicyclic) bond motifs is 1. The van der Waals surface area contributed by atoms with Gasteiger partial charge in [0, 0.05) is 12.7 Å². The number of benzene rings is 1. The molecule has 0 saturated heterocycles. The molecule has 0 bridgehead atoms. The van der Waals surface area contributed by atoms with Crippen molar-refractivity contribution in [2.75, 3.05) is 5.32 Å². The lowest BCUT2D eigenvalue weighted by atomic mass is 9.99. The van der Waals surface area contributed by atoms with E-state index in [0.717, 1.165) is 6.42 Å². The van der Waals surface area contributed by atoms with Gasteiger partial charge in [-0.3, -0.25) is 18.8 Å². The summed E-state index contributed by atoms with van der Waals surface area (Å²) >= 11 is 0. The third-order valence-electron chi connectivity index (χ3n) is 4.41. The van der Waals surface area contributed by atoms with Crippen molar-refractivity contribution in [2.45, 2.75) is 32.7 Å². The number of nitrogens with one attached hydrogen (secondary N) is 1. The minimum absolute atomic E-state index is 0.0935. The molecule has 0 spiro atoms. The van der Waals surface area contributed by atoms with Crippen LogP contribution in [0, 0.1) is 0 Å². The van der Waals surface area contributed by atoms with Gasteiger partial charge in [-0.05, 0) is 30.0 Å². The fourth-order valence-electron chi connectivity index (χ4n) is 2.67. The zero-order chi connectivity index (χ0) is 18.0. The predicted molar refractivity (Wildman–Crippen MR) is 96.5 cm³/mol. The molecule has 1 N–H and O–H groups in total. The SMILES string of the molecule is CC[C@H](C)c1ccc(NC(=O)Cn2cnc3c(cnn3C)c2=O)cc1. The Morgan fingerprint density at radius 3 is 2.68 bits per heavy atom. The number of anilines is 1. The third kappa shape index (κ3) is 3.45. The first kappa shape index (κ1) is 16.9. The highest BCUT2D eigenvalue weighted by Gasteiger charge is 2.11. The Hall–Kier alpha value is -2.96. The van der Waals surface area contributed by atoms with Crippen molar-refractivity contribution in [2.24, 2.45) is 7.05 Å². The second-order valence-corrected chi connectivity index (χ2v) is 6.16. The molecule has 1 amide bonds. The van der Waals surface area contributed by atoms with Crippen LogP contribution in [0.25, 0.3) is 11.0 Å². The summed E-state index contributed by atoms with van der Waals surface area (Å²) in [6.45, 7) is 4.22. The molecule has 7 nitrogen and oxygen atoms in total. The van der Waals surface area contributed by atoms with Crippen molar-refractivity contribution in [3.05, 3.63) is 52.7 Å². The Morgan fingerprint density at radius 2 is 2.00 bits per heavy atom. The molecular weight excluding hydrogens is 318 g/mol. The summed E-state index contributed by atoms with van der Waals surface area (Å²) in [6.07, 6.45) is 3.91. The molecule has 0 unspecified atom stereocenters. The Balaban J connectivity index is 1.72. The molecule has 0 aliphatic rings. The van der Waals surface area contributed by atoms with Crippen molar-refractivity contribution in [1.29, 1.82) is 0 Å². The van der Waals surface area contributed by atoms with Gasteiger partial charge in [-0.2, -0.15) is 5.10 Å². The lowest BCUT2D eigenvalue weighted by molar-refractivity contribution is -0.116. The fourth-order valence-corrected chi connectivity index (χ4v) is 2.67. The molecule has 1 atom stereocenters. The third-order valence-corrected chi connectivity index (χ3v) is 4.41. The lowest BCUT2D eigenvalue weighted by Crippen LogP contribution is -2.27. The summed E-state index contributed by atoms with van der Waals surface area (Å²) in [4.78, 5) is 28.8. The van der Waals surface area contributed by atoms with E-state index in [-0.39, 0.29) is 18.0 Å². The lowest BCUT2D eigenvalue weighted by Gasteiger charge is -2.11. The Kier molecular flexibility index (Phi) is 4.65. The zero-order valence-corrected chi connectivity index (χ0v) is 14.6. The van der Waals surface area contributed by atoms with Crippen LogP contribution in [0.4, 0.5) is 5.69 Å². The zero-order valence-electron chi connectivity index (χ0n) is 14.6. The molecule has 130 valence electrons. The van der Waals surface area contributed by atoms with E-state index in [1.54, 1.807) is 7.05 Å². The Bertz CT molecular complexity index is 956. The van der Waals surface area contributed by atoms with Crippen molar-refractivity contribution < 1.29 is 4.79 Å². The number of hydrogen-bond donors (Lipinski definition) is 1. The highest BCUT2D eigenvalue weighted by atomic mass is 16.2. The van der Waals surface area contributed by atoms with Gasteiger partial charge in [0.05, 0.1) is 6.20 Å². The van der Waals surface area contributed by atoms with Gasteiger partial charge in [-0.15, -0.1) is 0 Å². The number of aromatic nitrogens is 4. The summed E-state index contributed by atoms with van der Waals surface area (Å²) < 4.78 is 2.81. The Labute approximate surface area is 145 Å². The molecule has 25 heavy (non-hydrogen) atoms. The van der Waals surface area contributed by atoms with E-state index in [0.29, 0.717) is 22.6 Å². The standard InChI is InChI=1S/C18H21N5O2/c1-4-12(2)13-5-7-14(8-6-13)21-16(24)10-23-11-19-17-15(18(23)25)9-20-22(17)3/h5-9,11-12H,4,10H2,1-3H3,(H,21,24)/t12-/m0/s1. The highest BCUT2D eigenvalue weighted by molar-refractivity contribution is 5.90. The van der Waals surface area contributed by atoms with Crippen LogP contribution >= 0.6 is 0 Å². The van der Waals surface area contributed by atoms with Crippen LogP contribution in [0.3, 0.4) is 0 Å². The van der Waals surface area contributed by atoms with Crippen LogP contribution < -0.4 is 10.9 Å². The van der Waals surface area contributed by atoms with E-state index in [9.17, 15) is 9.59 Å². The summed E-state index contributed by atoms with van der Waals surface area (Å²) in [5.41, 5.74) is 2.17. The maximum atomic E-state index is 12.4. The van der Waals surface area contributed by atoms with Gasteiger partial charge in [0.1, 0.15) is 18.3 Å². The van der Waals surface area contributed by atoms with E-state index in [1.165, 1.54) is 27.3 Å². The second kappa shape index (κ2) is 6.88. The van der Waals surface area contributed by atoms with Gasteiger partial charge < -0.3 is 5.32 Å². The van der Waals surface area contributed by atoms with Crippen molar-refractivity contribution in [1.82, 2.24) is 19.3 Å². The molecule has 0 aliphatic heterocycles. The van der Waals surface area contributed by atoms with Crippen molar-refractivity contribution in [3.63, 3.8) is 0 Å². The van der Waals surface area contributed by atoms with Crippen molar-refractivity contribution in [3.8, 4) is 0 Å². The molecule has 0 saturated carbocycles. The minimum atomic E-state index is -0.277. The molecule has 3 rings (SSSR count). The van der Waals surface area contributed by atoms with Gasteiger partial charge in [0.2, 0.25) is 5.91 Å². The van der Waals surface area contributed by atoms with Gasteiger partial charge >= 0.3 is 0 Å². The molecule has 2 aromatic heterocycles. The first-order chi connectivity index (χ1) is 12.0. The predicted octanol–water partition coefficient (Wildman–Crippen LogP) is 2.28. The van der Waals surface area contributed by atoms with E-state index >= 15 is 0 Å². The summed E-state index contributed by atoms with van der Waals surface area (Å²) in [6, 6.07) is 7.79. The topological polar surface area (TPSA) is 81.8 Å². The normalized spacial score (nSPS) is 12.3. The number of carbonyl (C=O) groups excluding carboxylic acids is 1. The average molecular weight is 339 g/mol. The molecule has 7 heteroatoms. The van der Waals surface area contributed by atoms with Crippen LogP contribution in [0.1, 0.15) is 31.7 Å². The van der Waals surface area contributed by atoms with Crippen LogP contribution in [0.15, 0.2) is 41.6 Å². The maximum Gasteiger partial charge on any atom is 0.264 e. The monoisotopic (exact) mass is 339 g/mol. The summed E-state index contributed by atoms with van der Waals surface area (Å²) in [5.74, 6) is 0.212. The largest absolute Gasteiger partial charge is 0.325 e. The van der Waals surface area contributed by atoms with E-state index < -0.39 is 0 Å². The summed E-state index contributed by atoms with van der Waals surface area (Å²) in [5, 5.41) is 7.22. The van der Waals surface area contributed by atoms with Crippen molar-refractivity contribution >= 4 is 22.6 Å². The average Bonchev–Trinajstić information content (AvgIpc) is 2.99. The van der Waals surface area contributed by atoms with Gasteiger partial charge in [-0.25, -0.2) is 4.98 Å². The Morgan fingerprint density at radius 1 is 1.28 bits per heavy atom. The molecular formula is C18H21N5O2. The van der Waals surface area contributed by atoms with Gasteiger partial charge in [-0.1, -0.05) is 26.0 Å². The number of aryl methyl sites for hydroxylation is 1. The summed E-state index contributed by atoms with van der Waals surface area (Å²) in [7, 11) is 1.72. The minimum Gasteiger partial charge on any atom is -0.325 e. The molecule has 2 heterocycles. The smallest absolute Gasteiger partial charge is 0.264 e. The van der Waals surface area contributed by atoms with Crippen LogP contribution in [0.5, 0.6) is 0 Å². The van der Waals surface area contributed by atoms with E-state index in [2.05, 4.69) is 29.2 Å². The molecule has 1 aromatic carbocycles. The van der Waals surface area contributed by atoms with Crippen LogP contribution in [0.2, 0.25) is 0 Å². The number of amides is 1. The van der Waals surface area contributed by atoms with Gasteiger partial charge in [0.25, 0.3) is 5.56 Å². The molecule has 0 aliphatic carbocycles. The molecule has 0 fully saturated rings. The van der Waals surface area contributed by atoms with E-state index in [1.807, 2.05) is 24.3 Å². The number of carbonyl (C=O) groups is 1. The second-order valence-electron chi connectivity index (χ2n) is 6.16. The maximum absolute atomic E-state index is 12.4. The highest BCUT2D eigenvalue weighted by Crippen LogP contribution is 2.20. The van der Waals surface area contributed by atoms with Gasteiger partial charge in [0.15, 0.2) is 5.65 Å². The number of hydrogen-bond acceptors (Lipinski definition) is 4. The first-order valence-corrected chi connectivity index (χ1v) is 8.26. The number of nitrogens with zero attached hydrogens (tertiary/aromatic N) is 4. The first-order valence-electron chi connectivity index (χ1n) is 8.26. The number of rotatable bonds is 5. The van der Waals surface area contributed by atoms with Crippen LogP contribution in [-0.2, 0) is 18.4 Å². The molecule has 3 aromatic rings. The van der Waals surface area contributed by atoms with E-state index in [4.69, 9.17) is 0 Å².